The van der Waals surface area contributed by atoms with Crippen LogP contribution in [-0.4, -0.2) is 25.3 Å². The van der Waals surface area contributed by atoms with Gasteiger partial charge in [-0.3, -0.25) is 0 Å². The number of benzene rings is 2. The normalized spacial score (nSPS) is 22.3. The van der Waals surface area contributed by atoms with Crippen LogP contribution in [0.5, 0.6) is 0 Å². The number of carbonyl (C=O) groups is 1. The average Bonchev–Trinajstić information content (AvgIpc) is 2.78. The average molecular weight is 454 g/mol. The molecular formula is C23H26F4N2O3. The first-order valence-electron chi connectivity index (χ1n) is 10.3. The summed E-state index contributed by atoms with van der Waals surface area (Å²) in [6.45, 7) is 1.15. The number of hydrogen-bond donors (Lipinski definition) is 2. The van der Waals surface area contributed by atoms with E-state index < -0.39 is 36.2 Å². The Bertz CT molecular complexity index is 913. The predicted molar refractivity (Wildman–Crippen MR) is 110 cm³/mol. The molecule has 0 bridgehead atoms. The molecule has 0 saturated carbocycles. The number of amides is 1. The van der Waals surface area contributed by atoms with Crippen molar-refractivity contribution >= 4 is 6.09 Å². The first-order valence-corrected chi connectivity index (χ1v) is 10.3. The van der Waals surface area contributed by atoms with Gasteiger partial charge in [-0.15, -0.1) is 0 Å². The molecule has 2 aromatic carbocycles. The molecule has 174 valence electrons. The number of halogens is 4. The smallest absolute Gasteiger partial charge is 0.416 e. The van der Waals surface area contributed by atoms with Crippen molar-refractivity contribution in [3.63, 3.8) is 0 Å². The summed E-state index contributed by atoms with van der Waals surface area (Å²) in [6, 6.07) is 12.7. The molecule has 1 heterocycles. The first kappa shape index (κ1) is 24.0. The third-order valence-electron chi connectivity index (χ3n) is 5.72. The minimum atomic E-state index is -4.58. The van der Waals surface area contributed by atoms with E-state index in [1.54, 1.807) is 6.92 Å². The van der Waals surface area contributed by atoms with Gasteiger partial charge in [0.15, 0.2) is 0 Å². The lowest BCUT2D eigenvalue weighted by Crippen LogP contribution is -2.54. The second-order valence-corrected chi connectivity index (χ2v) is 7.97. The number of primary amides is 1. The van der Waals surface area contributed by atoms with Crippen molar-refractivity contribution in [2.75, 3.05) is 13.2 Å². The molecule has 3 N–H and O–H groups in total. The summed E-state index contributed by atoms with van der Waals surface area (Å²) in [6.07, 6.45) is -5.41. The van der Waals surface area contributed by atoms with E-state index in [-0.39, 0.29) is 23.8 Å². The highest BCUT2D eigenvalue weighted by molar-refractivity contribution is 5.64. The van der Waals surface area contributed by atoms with Gasteiger partial charge in [-0.1, -0.05) is 36.4 Å². The summed E-state index contributed by atoms with van der Waals surface area (Å²) >= 11 is 0. The number of ether oxygens (including phenoxy) is 2. The fourth-order valence-electron chi connectivity index (χ4n) is 3.94. The molecule has 1 fully saturated rings. The van der Waals surface area contributed by atoms with Crippen molar-refractivity contribution < 1.29 is 31.8 Å². The Morgan fingerprint density at radius 2 is 1.97 bits per heavy atom. The number of rotatable bonds is 7. The summed E-state index contributed by atoms with van der Waals surface area (Å²) in [7, 11) is 0. The van der Waals surface area contributed by atoms with Crippen LogP contribution < -0.4 is 11.1 Å². The molecule has 0 aliphatic carbocycles. The first-order chi connectivity index (χ1) is 15.1. The summed E-state index contributed by atoms with van der Waals surface area (Å²) < 4.78 is 63.9. The van der Waals surface area contributed by atoms with Gasteiger partial charge in [0, 0.05) is 6.54 Å². The minimum absolute atomic E-state index is 0.0507. The molecule has 9 heteroatoms. The van der Waals surface area contributed by atoms with Crippen molar-refractivity contribution in [3.05, 3.63) is 70.8 Å². The van der Waals surface area contributed by atoms with E-state index in [1.165, 1.54) is 6.07 Å². The number of nitrogens with one attached hydrogen (secondary N) is 1. The quantitative estimate of drug-likeness (QED) is 0.578. The van der Waals surface area contributed by atoms with Crippen LogP contribution in [-0.2, 0) is 27.9 Å². The highest BCUT2D eigenvalue weighted by atomic mass is 19.4. The van der Waals surface area contributed by atoms with E-state index in [4.69, 9.17) is 15.2 Å². The molecule has 3 rings (SSSR count). The van der Waals surface area contributed by atoms with Gasteiger partial charge in [0.05, 0.1) is 23.8 Å². The van der Waals surface area contributed by atoms with Crippen molar-refractivity contribution in [1.82, 2.24) is 5.32 Å². The van der Waals surface area contributed by atoms with E-state index in [0.717, 1.165) is 17.7 Å². The highest BCUT2D eigenvalue weighted by Crippen LogP contribution is 2.35. The Balaban J connectivity index is 1.79. The maximum atomic E-state index is 13.2. The Kier molecular flexibility index (Phi) is 7.40. The Morgan fingerprint density at radius 1 is 1.25 bits per heavy atom. The van der Waals surface area contributed by atoms with Crippen LogP contribution in [0, 0.1) is 0 Å². The van der Waals surface area contributed by atoms with Gasteiger partial charge in [0.1, 0.15) is 12.8 Å². The third kappa shape index (κ3) is 5.77. The molecule has 0 aromatic heterocycles. The van der Waals surface area contributed by atoms with Crippen molar-refractivity contribution in [2.45, 2.75) is 50.4 Å². The fourth-order valence-corrected chi connectivity index (χ4v) is 3.94. The van der Waals surface area contributed by atoms with Crippen LogP contribution in [0.1, 0.15) is 48.1 Å². The van der Waals surface area contributed by atoms with E-state index in [0.29, 0.717) is 19.4 Å². The van der Waals surface area contributed by atoms with Crippen LogP contribution in [0.25, 0.3) is 0 Å². The van der Waals surface area contributed by atoms with Gasteiger partial charge in [-0.2, -0.15) is 13.2 Å². The number of carbonyl (C=O) groups excluding carboxylic acids is 1. The molecule has 3 atom stereocenters. The van der Waals surface area contributed by atoms with Gasteiger partial charge < -0.3 is 20.5 Å². The molecule has 1 aliphatic rings. The Hall–Kier alpha value is -2.65. The molecule has 2 aromatic rings. The molecule has 1 saturated heterocycles. The lowest BCUT2D eigenvalue weighted by molar-refractivity contribution is -0.137. The second-order valence-electron chi connectivity index (χ2n) is 7.97. The van der Waals surface area contributed by atoms with Crippen molar-refractivity contribution in [1.29, 1.82) is 0 Å². The standard InChI is InChI=1S/C23H26F4N2O3/c1-15(17-9-16(12-24)10-19(11-17)23(25,26)27)31-14-22(18-5-3-2-4-6-18)8-7-20(13-29-22)32-21(28)30/h2-6,9-11,15,20,29H,7-8,12-14H2,1H3,(H2,28,30)/t15?,20-,22+/m0/s1. The molecule has 1 unspecified atom stereocenters. The third-order valence-corrected chi connectivity index (χ3v) is 5.72. The second kappa shape index (κ2) is 9.87. The topological polar surface area (TPSA) is 73.6 Å². The lowest BCUT2D eigenvalue weighted by Gasteiger charge is -2.41. The molecule has 5 nitrogen and oxygen atoms in total. The van der Waals surface area contributed by atoms with Crippen LogP contribution in [0.4, 0.5) is 22.4 Å². The summed E-state index contributed by atoms with van der Waals surface area (Å²) in [5.74, 6) is 0. The van der Waals surface area contributed by atoms with Crippen LogP contribution >= 0.6 is 0 Å². The zero-order valence-electron chi connectivity index (χ0n) is 17.6. The van der Waals surface area contributed by atoms with Crippen molar-refractivity contribution in [3.8, 4) is 0 Å². The molecule has 0 radical (unpaired) electrons. The van der Waals surface area contributed by atoms with Crippen LogP contribution in [0.3, 0.4) is 0 Å². The number of piperidine rings is 1. The van der Waals surface area contributed by atoms with Crippen molar-refractivity contribution in [2.24, 2.45) is 5.73 Å². The van der Waals surface area contributed by atoms with Crippen LogP contribution in [0.2, 0.25) is 0 Å². The maximum Gasteiger partial charge on any atom is 0.416 e. The van der Waals surface area contributed by atoms with Gasteiger partial charge in [-0.05, 0) is 48.6 Å². The zero-order chi connectivity index (χ0) is 23.4. The van der Waals surface area contributed by atoms with Gasteiger partial charge >= 0.3 is 12.3 Å². The Morgan fingerprint density at radius 3 is 2.53 bits per heavy atom. The summed E-state index contributed by atoms with van der Waals surface area (Å²) in [5.41, 5.74) is 4.72. The molecule has 32 heavy (non-hydrogen) atoms. The van der Waals surface area contributed by atoms with E-state index in [2.05, 4.69) is 5.32 Å². The van der Waals surface area contributed by atoms with E-state index in [1.807, 2.05) is 30.3 Å². The minimum Gasteiger partial charge on any atom is -0.445 e. The van der Waals surface area contributed by atoms with Crippen LogP contribution in [0.15, 0.2) is 48.5 Å². The summed E-state index contributed by atoms with van der Waals surface area (Å²) in [5, 5.41) is 3.37. The number of alkyl halides is 4. The fraction of sp³-hybridized carbons (Fsp3) is 0.435. The monoisotopic (exact) mass is 454 g/mol. The zero-order valence-corrected chi connectivity index (χ0v) is 17.6. The largest absolute Gasteiger partial charge is 0.445 e. The highest BCUT2D eigenvalue weighted by Gasteiger charge is 2.38. The molecule has 1 aliphatic heterocycles. The van der Waals surface area contributed by atoms with Gasteiger partial charge in [0.2, 0.25) is 0 Å². The Labute approximate surface area is 183 Å². The van der Waals surface area contributed by atoms with E-state index in [9.17, 15) is 22.4 Å². The van der Waals surface area contributed by atoms with Gasteiger partial charge in [0.25, 0.3) is 0 Å². The van der Waals surface area contributed by atoms with Gasteiger partial charge in [-0.25, -0.2) is 9.18 Å². The predicted octanol–water partition coefficient (Wildman–Crippen LogP) is 5.00. The molecule has 1 amide bonds. The molecular weight excluding hydrogens is 428 g/mol. The lowest BCUT2D eigenvalue weighted by atomic mass is 9.82. The summed E-state index contributed by atoms with van der Waals surface area (Å²) in [4.78, 5) is 11.1. The number of hydrogen-bond acceptors (Lipinski definition) is 4. The van der Waals surface area contributed by atoms with E-state index >= 15 is 0 Å². The SMILES string of the molecule is CC(OC[C@@]1(c2ccccc2)CC[C@H](OC(N)=O)CN1)c1cc(CF)cc(C(F)(F)F)c1. The maximum absolute atomic E-state index is 13.2. The molecule has 0 spiro atoms. The number of nitrogens with two attached hydrogens (primary N) is 1.